The van der Waals surface area contributed by atoms with E-state index in [0.29, 0.717) is 33.8 Å². The summed E-state index contributed by atoms with van der Waals surface area (Å²) in [6, 6.07) is 14.9. The van der Waals surface area contributed by atoms with E-state index in [2.05, 4.69) is 0 Å². The zero-order valence-corrected chi connectivity index (χ0v) is 17.0. The molecule has 0 N–H and O–H groups in total. The van der Waals surface area contributed by atoms with E-state index in [4.69, 9.17) is 30.5 Å². The van der Waals surface area contributed by atoms with Crippen molar-refractivity contribution in [3.05, 3.63) is 51.5 Å². The van der Waals surface area contributed by atoms with Crippen molar-refractivity contribution in [1.29, 1.82) is 21.0 Å². The maximum atomic E-state index is 9.10. The van der Waals surface area contributed by atoms with Gasteiger partial charge in [-0.2, -0.15) is 21.0 Å². The van der Waals surface area contributed by atoms with Crippen LogP contribution in [-0.4, -0.2) is 13.2 Å². The Balaban J connectivity index is 2.16. The van der Waals surface area contributed by atoms with Crippen molar-refractivity contribution >= 4 is 45.2 Å². The highest BCUT2D eigenvalue weighted by atomic mass is 32.1. The maximum Gasteiger partial charge on any atom is 0.181 e. The van der Waals surface area contributed by atoms with E-state index in [0.717, 1.165) is 18.1 Å². The van der Waals surface area contributed by atoms with Crippen LogP contribution in [0.4, 0.5) is 0 Å². The number of thiophene rings is 3. The Morgan fingerprint density at radius 2 is 1.07 bits per heavy atom. The van der Waals surface area contributed by atoms with Crippen molar-refractivity contribution in [3.63, 3.8) is 0 Å². The molecule has 0 atom stereocenters. The molecule has 1 aliphatic heterocycles. The number of hydrogen-bond donors (Lipinski definition) is 0. The molecule has 3 aromatic heterocycles. The van der Waals surface area contributed by atoms with Crippen LogP contribution in [0.3, 0.4) is 0 Å². The number of ether oxygens (including phenoxy) is 2. The van der Waals surface area contributed by atoms with Gasteiger partial charge in [0.25, 0.3) is 0 Å². The average Bonchev–Trinajstić information content (AvgIpc) is 3.48. The Bertz CT molecular complexity index is 1460. The number of nitrogens with zero attached hydrogens (tertiary/aromatic N) is 4. The molecule has 0 spiro atoms. The van der Waals surface area contributed by atoms with Gasteiger partial charge in [0.15, 0.2) is 11.5 Å². The van der Waals surface area contributed by atoms with Crippen molar-refractivity contribution in [2.75, 3.05) is 13.2 Å². The molecule has 0 saturated heterocycles. The first kappa shape index (κ1) is 18.7. The number of fused-ring (bicyclic) bond motifs is 1. The third kappa shape index (κ3) is 3.25. The van der Waals surface area contributed by atoms with Gasteiger partial charge in [-0.15, -0.1) is 34.0 Å². The number of hydrogen-bond acceptors (Lipinski definition) is 9. The Hall–Kier alpha value is -3.60. The third-order valence-corrected chi connectivity index (χ3v) is 7.72. The fourth-order valence-corrected chi connectivity index (χ4v) is 6.04. The highest BCUT2D eigenvalue weighted by Gasteiger charge is 2.19. The predicted molar refractivity (Wildman–Crippen MR) is 108 cm³/mol. The van der Waals surface area contributed by atoms with E-state index >= 15 is 0 Å². The number of nitriles is 4. The highest BCUT2D eigenvalue weighted by Crippen LogP contribution is 2.39. The van der Waals surface area contributed by atoms with Gasteiger partial charge >= 0.3 is 0 Å². The topological polar surface area (TPSA) is 114 Å². The Labute approximate surface area is 175 Å². The van der Waals surface area contributed by atoms with Crippen LogP contribution in [-0.2, 0) is 0 Å². The Kier molecular flexibility index (Phi) is 5.04. The van der Waals surface area contributed by atoms with E-state index in [1.807, 2.05) is 36.4 Å². The standard InChI is InChI=1S/C20H8N4O2S3/c21-7-11(8-22)13-1-3-15(27-13)19-17-18(26-6-5-25-17)20(29-19)16-4-2-14(28-16)12(9-23)10-24/h1-4H,5-6H2/b19-15+,20-16+. The zero-order valence-electron chi connectivity index (χ0n) is 14.6. The fraction of sp³-hybridized carbons (Fsp3) is 0.100. The lowest BCUT2D eigenvalue weighted by Crippen LogP contribution is -2.14. The molecule has 0 saturated carbocycles. The normalized spacial score (nSPS) is 14.1. The first-order valence-corrected chi connectivity index (χ1v) is 10.6. The van der Waals surface area contributed by atoms with Crippen LogP contribution in [0.5, 0.6) is 11.5 Å². The van der Waals surface area contributed by atoms with Gasteiger partial charge in [-0.3, -0.25) is 0 Å². The van der Waals surface area contributed by atoms with Crippen molar-refractivity contribution in [2.24, 2.45) is 0 Å². The summed E-state index contributed by atoms with van der Waals surface area (Å²) in [5.41, 5.74) is 0.145. The zero-order chi connectivity index (χ0) is 20.4. The molecule has 4 heterocycles. The summed E-state index contributed by atoms with van der Waals surface area (Å²) >= 11 is 4.18. The van der Waals surface area contributed by atoms with E-state index < -0.39 is 0 Å². The predicted octanol–water partition coefficient (Wildman–Crippen LogP) is 2.61. The quantitative estimate of drug-likeness (QED) is 0.539. The van der Waals surface area contributed by atoms with Gasteiger partial charge in [0.2, 0.25) is 0 Å². The van der Waals surface area contributed by atoms with Crippen LogP contribution in [0, 0.1) is 63.5 Å². The van der Waals surface area contributed by atoms with Gasteiger partial charge < -0.3 is 9.47 Å². The van der Waals surface area contributed by atoms with Crippen LogP contribution in [0.1, 0.15) is 0 Å². The molecular formula is C20H8N4O2S3. The second-order valence-electron chi connectivity index (χ2n) is 5.64. The van der Waals surface area contributed by atoms with E-state index in [1.165, 1.54) is 34.0 Å². The smallest absolute Gasteiger partial charge is 0.181 e. The molecule has 9 heteroatoms. The van der Waals surface area contributed by atoms with Crippen LogP contribution in [0.15, 0.2) is 24.3 Å². The SMILES string of the molecule is N#CC(C#N)=c1cc/c(=c2\s/c(=c3\ccc(=C(C#N)C#N)s3)c3c2OCCO3)s1. The number of rotatable bonds is 0. The summed E-state index contributed by atoms with van der Waals surface area (Å²) in [5.74, 6) is 1.28. The third-order valence-electron chi connectivity index (χ3n) is 4.00. The van der Waals surface area contributed by atoms with Crippen molar-refractivity contribution in [2.45, 2.75) is 0 Å². The first-order valence-electron chi connectivity index (χ1n) is 8.18. The minimum Gasteiger partial charge on any atom is -0.485 e. The second kappa shape index (κ2) is 7.80. The average molecular weight is 433 g/mol. The van der Waals surface area contributed by atoms with Gasteiger partial charge in [-0.25, -0.2) is 0 Å². The summed E-state index contributed by atoms with van der Waals surface area (Å²) < 4.78 is 16.4. The molecule has 0 fully saturated rings. The molecule has 3 aromatic rings. The summed E-state index contributed by atoms with van der Waals surface area (Å²) in [7, 11) is 0. The summed E-state index contributed by atoms with van der Waals surface area (Å²) in [5, 5.41) is 36.4. The largest absolute Gasteiger partial charge is 0.485 e. The fourth-order valence-electron chi connectivity index (χ4n) is 2.73. The monoisotopic (exact) mass is 432 g/mol. The minimum absolute atomic E-state index is 0.0723. The molecule has 1 aliphatic rings. The summed E-state index contributed by atoms with van der Waals surface area (Å²) in [4.78, 5) is 0. The second-order valence-corrected chi connectivity index (χ2v) is 8.83. The lowest BCUT2D eigenvalue weighted by Gasteiger charge is -2.14. The van der Waals surface area contributed by atoms with Crippen molar-refractivity contribution < 1.29 is 9.47 Å². The van der Waals surface area contributed by atoms with Gasteiger partial charge in [0.1, 0.15) is 48.6 Å². The van der Waals surface area contributed by atoms with Gasteiger partial charge in [-0.1, -0.05) is 0 Å². The molecule has 6 nitrogen and oxygen atoms in total. The maximum absolute atomic E-state index is 9.10. The summed E-state index contributed by atoms with van der Waals surface area (Å²) in [6.07, 6.45) is 0. The lowest BCUT2D eigenvalue weighted by atomic mass is 10.3. The van der Waals surface area contributed by atoms with Crippen LogP contribution >= 0.6 is 34.0 Å². The lowest BCUT2D eigenvalue weighted by molar-refractivity contribution is 0.171. The van der Waals surface area contributed by atoms with Gasteiger partial charge in [-0.05, 0) is 24.3 Å². The van der Waals surface area contributed by atoms with Crippen LogP contribution < -0.4 is 18.5 Å². The molecule has 29 heavy (non-hydrogen) atoms. The molecule has 0 aromatic carbocycles. The Morgan fingerprint density at radius 3 is 1.45 bits per heavy atom. The molecule has 138 valence electrons. The van der Waals surface area contributed by atoms with Crippen molar-refractivity contribution in [1.82, 2.24) is 0 Å². The first-order chi connectivity index (χ1) is 14.2. The Morgan fingerprint density at radius 1 is 0.655 bits per heavy atom. The van der Waals surface area contributed by atoms with Crippen LogP contribution in [0.2, 0.25) is 0 Å². The highest BCUT2D eigenvalue weighted by molar-refractivity contribution is 7.13. The van der Waals surface area contributed by atoms with Crippen molar-refractivity contribution in [3.8, 4) is 35.8 Å². The minimum atomic E-state index is 0.0723. The van der Waals surface area contributed by atoms with Crippen LogP contribution in [0.25, 0.3) is 11.1 Å². The summed E-state index contributed by atoms with van der Waals surface area (Å²) in [6.45, 7) is 0.858. The molecule has 4 rings (SSSR count). The molecule has 0 amide bonds. The molecule has 0 unspecified atom stereocenters. The van der Waals surface area contributed by atoms with E-state index in [9.17, 15) is 0 Å². The van der Waals surface area contributed by atoms with E-state index in [-0.39, 0.29) is 11.1 Å². The molecular weight excluding hydrogens is 424 g/mol. The molecule has 0 aliphatic carbocycles. The molecule has 0 bridgehead atoms. The van der Waals surface area contributed by atoms with E-state index in [1.54, 1.807) is 12.1 Å². The molecule has 0 radical (unpaired) electrons. The van der Waals surface area contributed by atoms with Gasteiger partial charge in [0.05, 0.1) is 18.1 Å². The van der Waals surface area contributed by atoms with Gasteiger partial charge in [0, 0.05) is 9.06 Å².